The number of carbonyl (C=O) groups excluding carboxylic acids is 1. The van der Waals surface area contributed by atoms with Gasteiger partial charge in [0.25, 0.3) is 5.91 Å². The Morgan fingerprint density at radius 2 is 1.84 bits per heavy atom. The van der Waals surface area contributed by atoms with Crippen molar-refractivity contribution in [3.05, 3.63) is 65.1 Å². The maximum Gasteiger partial charge on any atom is 0.254 e. The molecule has 0 radical (unpaired) electrons. The lowest BCUT2D eigenvalue weighted by Gasteiger charge is -2.50. The minimum absolute atomic E-state index is 0.0427. The Balaban J connectivity index is 1.68. The average molecular weight is 530 g/mol. The quantitative estimate of drug-likeness (QED) is 0.548. The zero-order chi connectivity index (χ0) is 26.5. The van der Waals surface area contributed by atoms with Crippen LogP contribution in [0.3, 0.4) is 0 Å². The Kier molecular flexibility index (Phi) is 6.54. The number of carbonyl (C=O) groups is 1. The molecule has 1 fully saturated rings. The van der Waals surface area contributed by atoms with Crippen molar-refractivity contribution in [2.75, 3.05) is 39.1 Å². The van der Waals surface area contributed by atoms with Gasteiger partial charge in [-0.3, -0.25) is 4.79 Å². The fourth-order valence-corrected chi connectivity index (χ4v) is 7.22. The highest BCUT2D eigenvalue weighted by atomic mass is 32.2. The summed E-state index contributed by atoms with van der Waals surface area (Å²) >= 11 is 0. The average Bonchev–Trinajstić information content (AvgIpc) is 3.21. The first-order valence-corrected chi connectivity index (χ1v) is 14.1. The Bertz CT molecular complexity index is 1440. The van der Waals surface area contributed by atoms with Crippen LogP contribution in [0.5, 0.6) is 5.75 Å². The van der Waals surface area contributed by atoms with Crippen molar-refractivity contribution >= 4 is 26.8 Å². The zero-order valence-electron chi connectivity index (χ0n) is 21.3. The van der Waals surface area contributed by atoms with Crippen molar-refractivity contribution in [1.82, 2.24) is 13.8 Å². The predicted octanol–water partition coefficient (Wildman–Crippen LogP) is 3.20. The second kappa shape index (κ2) is 9.41. The summed E-state index contributed by atoms with van der Waals surface area (Å²) < 4.78 is 47.8. The van der Waals surface area contributed by atoms with Crippen molar-refractivity contribution in [1.29, 1.82) is 0 Å². The predicted molar refractivity (Wildman–Crippen MR) is 139 cm³/mol. The van der Waals surface area contributed by atoms with Crippen LogP contribution < -0.4 is 4.74 Å². The molecule has 3 aromatic rings. The van der Waals surface area contributed by atoms with Gasteiger partial charge in [-0.05, 0) is 61.7 Å². The molecule has 2 aliphatic rings. The van der Waals surface area contributed by atoms with Gasteiger partial charge in [-0.15, -0.1) is 0 Å². The molecule has 0 aliphatic carbocycles. The Labute approximate surface area is 216 Å². The number of aromatic nitrogens is 1. The van der Waals surface area contributed by atoms with Gasteiger partial charge >= 0.3 is 0 Å². The molecule has 5 rings (SSSR count). The van der Waals surface area contributed by atoms with Crippen LogP contribution in [0.4, 0.5) is 4.39 Å². The normalized spacial score (nSPS) is 19.8. The molecule has 2 aliphatic heterocycles. The molecule has 1 aromatic heterocycles. The first-order valence-electron chi connectivity index (χ1n) is 12.5. The standard InChI is InChI=1S/C27H32FN3O5S/c1-4-37(34,35)30-13-11-27(12-14-30)17-31(26(33)18-5-7-19(28)8-6-18)23(16-32)25-24(27)21-10-9-20(36-3)15-22(21)29(25)2/h5-10,15,23,32H,4,11-14,16-17H2,1-3H3/t23-/m0/s1. The summed E-state index contributed by atoms with van der Waals surface area (Å²) in [6.07, 6.45) is 1.07. The first kappa shape index (κ1) is 25.7. The van der Waals surface area contributed by atoms with Crippen molar-refractivity contribution in [2.45, 2.75) is 31.2 Å². The van der Waals surface area contributed by atoms with E-state index in [1.165, 1.54) is 28.6 Å². The minimum atomic E-state index is -3.34. The smallest absolute Gasteiger partial charge is 0.254 e. The van der Waals surface area contributed by atoms with Crippen molar-refractivity contribution in [3.63, 3.8) is 0 Å². The molecule has 0 unspecified atom stereocenters. The number of amides is 1. The maximum absolute atomic E-state index is 13.8. The lowest BCUT2D eigenvalue weighted by molar-refractivity contribution is 0.0378. The van der Waals surface area contributed by atoms with Gasteiger partial charge in [-0.2, -0.15) is 0 Å². The highest BCUT2D eigenvalue weighted by molar-refractivity contribution is 7.89. The summed E-state index contributed by atoms with van der Waals surface area (Å²) in [6.45, 7) is 2.39. The van der Waals surface area contributed by atoms with Crippen molar-refractivity contribution in [2.24, 2.45) is 7.05 Å². The van der Waals surface area contributed by atoms with Gasteiger partial charge in [0.1, 0.15) is 11.6 Å². The SMILES string of the molecule is CCS(=O)(=O)N1CCC2(CC1)CN(C(=O)c1ccc(F)cc1)[C@@H](CO)c1c2c2ccc(OC)cc2n1C. The Hall–Kier alpha value is -2.95. The second-order valence-corrected chi connectivity index (χ2v) is 12.2. The molecule has 10 heteroatoms. The van der Waals surface area contributed by atoms with E-state index in [9.17, 15) is 22.7 Å². The van der Waals surface area contributed by atoms with E-state index >= 15 is 0 Å². The number of fused-ring (bicyclic) bond motifs is 4. The monoisotopic (exact) mass is 529 g/mol. The number of methoxy groups -OCH3 is 1. The number of hydrogen-bond acceptors (Lipinski definition) is 5. The number of sulfonamides is 1. The third-order valence-corrected chi connectivity index (χ3v) is 9.99. The van der Waals surface area contributed by atoms with E-state index in [1.54, 1.807) is 18.9 Å². The summed E-state index contributed by atoms with van der Waals surface area (Å²) in [7, 11) is 0.185. The fourth-order valence-electron chi connectivity index (χ4n) is 6.11. The van der Waals surface area contributed by atoms with E-state index in [0.717, 1.165) is 22.2 Å². The number of ether oxygens (including phenoxy) is 1. The molecule has 2 aromatic carbocycles. The lowest BCUT2D eigenvalue weighted by Crippen LogP contribution is -2.56. The number of aliphatic hydroxyl groups is 1. The van der Waals surface area contributed by atoms with Gasteiger partial charge in [-0.25, -0.2) is 17.1 Å². The zero-order valence-corrected chi connectivity index (χ0v) is 22.1. The molecule has 0 bridgehead atoms. The van der Waals surface area contributed by atoms with Gasteiger partial charge in [0.15, 0.2) is 0 Å². The van der Waals surface area contributed by atoms with Crippen LogP contribution >= 0.6 is 0 Å². The minimum Gasteiger partial charge on any atom is -0.497 e. The Morgan fingerprint density at radius 1 is 1.16 bits per heavy atom. The molecule has 1 spiro atoms. The van der Waals surface area contributed by atoms with Crippen molar-refractivity contribution < 1.29 is 27.4 Å². The highest BCUT2D eigenvalue weighted by Crippen LogP contribution is 2.50. The molecule has 1 amide bonds. The first-order chi connectivity index (χ1) is 17.7. The van der Waals surface area contributed by atoms with Crippen molar-refractivity contribution in [3.8, 4) is 5.75 Å². The number of halogens is 1. The lowest BCUT2D eigenvalue weighted by atomic mass is 9.68. The number of benzene rings is 2. The molecule has 1 N–H and O–H groups in total. The third kappa shape index (κ3) is 4.11. The molecule has 1 atom stereocenters. The number of aliphatic hydroxyl groups excluding tert-OH is 1. The summed E-state index contributed by atoms with van der Waals surface area (Å²) in [4.78, 5) is 15.4. The van der Waals surface area contributed by atoms with Gasteiger partial charge in [0.05, 0.1) is 31.0 Å². The summed E-state index contributed by atoms with van der Waals surface area (Å²) in [6, 6.07) is 10.7. The number of rotatable bonds is 5. The molecule has 198 valence electrons. The van der Waals surface area contributed by atoms with Crippen LogP contribution in [0.15, 0.2) is 42.5 Å². The third-order valence-electron chi connectivity index (χ3n) is 8.11. The van der Waals surface area contributed by atoms with Crippen LogP contribution in [0, 0.1) is 5.82 Å². The van der Waals surface area contributed by atoms with Gasteiger partial charge in [0, 0.05) is 54.8 Å². The van der Waals surface area contributed by atoms with E-state index in [1.807, 2.05) is 29.8 Å². The highest BCUT2D eigenvalue weighted by Gasteiger charge is 2.50. The van der Waals surface area contributed by atoms with E-state index < -0.39 is 27.3 Å². The summed E-state index contributed by atoms with van der Waals surface area (Å²) in [5, 5.41) is 11.6. The number of aryl methyl sites for hydroxylation is 1. The summed E-state index contributed by atoms with van der Waals surface area (Å²) in [5.74, 6) is 0.0135. The van der Waals surface area contributed by atoms with E-state index in [-0.39, 0.29) is 18.3 Å². The van der Waals surface area contributed by atoms with Crippen LogP contribution in [0.2, 0.25) is 0 Å². The molecule has 0 saturated carbocycles. The van der Waals surface area contributed by atoms with Gasteiger partial charge in [-0.1, -0.05) is 0 Å². The van der Waals surface area contributed by atoms with Crippen LogP contribution in [-0.4, -0.2) is 72.3 Å². The molecule has 37 heavy (non-hydrogen) atoms. The largest absolute Gasteiger partial charge is 0.497 e. The van der Waals surface area contributed by atoms with Crippen LogP contribution in [-0.2, 0) is 22.5 Å². The molecule has 1 saturated heterocycles. The van der Waals surface area contributed by atoms with Crippen LogP contribution in [0.25, 0.3) is 10.9 Å². The number of nitrogens with zero attached hydrogens (tertiary/aromatic N) is 3. The molecule has 8 nitrogen and oxygen atoms in total. The van der Waals surface area contributed by atoms with Crippen LogP contribution in [0.1, 0.15) is 47.4 Å². The molecular weight excluding hydrogens is 497 g/mol. The fraction of sp³-hybridized carbons (Fsp3) is 0.444. The second-order valence-electron chi connectivity index (χ2n) is 9.92. The Morgan fingerprint density at radius 3 is 2.43 bits per heavy atom. The number of piperidine rings is 1. The summed E-state index contributed by atoms with van der Waals surface area (Å²) in [5.41, 5.74) is 2.64. The topological polar surface area (TPSA) is 92.1 Å². The number of hydrogen-bond donors (Lipinski definition) is 1. The van der Waals surface area contributed by atoms with E-state index in [4.69, 9.17) is 4.74 Å². The maximum atomic E-state index is 13.8. The molecule has 3 heterocycles. The van der Waals surface area contributed by atoms with Gasteiger partial charge in [0.2, 0.25) is 10.0 Å². The van der Waals surface area contributed by atoms with E-state index in [2.05, 4.69) is 0 Å². The van der Waals surface area contributed by atoms with E-state index in [0.29, 0.717) is 43.8 Å². The molecular formula is C27H32FN3O5S. The van der Waals surface area contributed by atoms with Gasteiger partial charge < -0.3 is 19.3 Å².